The largest absolute Gasteiger partial charge is 0.289 e. The lowest BCUT2D eigenvalue weighted by molar-refractivity contribution is 0.104. The Balaban J connectivity index is 2.08. The molecule has 0 aliphatic rings. The summed E-state index contributed by atoms with van der Waals surface area (Å²) in [6, 6.07) is 10.3. The maximum atomic E-state index is 12.0. The molecule has 4 nitrogen and oxygen atoms in total. The van der Waals surface area contributed by atoms with Gasteiger partial charge in [0.2, 0.25) is 10.0 Å². The van der Waals surface area contributed by atoms with E-state index in [1.54, 1.807) is 41.7 Å². The van der Waals surface area contributed by atoms with Crippen molar-refractivity contribution in [1.29, 1.82) is 0 Å². The smallest absolute Gasteiger partial charge is 0.229 e. The third-order valence-electron chi connectivity index (χ3n) is 2.63. The minimum Gasteiger partial charge on any atom is -0.289 e. The van der Waals surface area contributed by atoms with E-state index in [9.17, 15) is 13.2 Å². The Morgan fingerprint density at radius 2 is 1.81 bits per heavy atom. The molecule has 0 aliphatic heterocycles. The molecular weight excluding hydrogens is 306 g/mol. The molecule has 2 rings (SSSR count). The van der Waals surface area contributed by atoms with Gasteiger partial charge in [0.15, 0.2) is 5.78 Å². The Morgan fingerprint density at radius 3 is 2.33 bits per heavy atom. The standard InChI is InChI=1S/C15H15NO3S2/c1-11-3-8-14(20-11)9-10-15(17)12-4-6-13(7-5-12)16-21(2,18)19/h3-10,16H,1-2H3/b10-9-. The fourth-order valence-electron chi connectivity index (χ4n) is 1.71. The number of thiophene rings is 1. The van der Waals surface area contributed by atoms with Crippen LogP contribution >= 0.6 is 11.3 Å². The Kier molecular flexibility index (Phi) is 4.59. The highest BCUT2D eigenvalue weighted by molar-refractivity contribution is 7.92. The third kappa shape index (κ3) is 4.84. The van der Waals surface area contributed by atoms with Crippen LogP contribution in [0.4, 0.5) is 5.69 Å². The molecule has 1 N–H and O–H groups in total. The number of aryl methyl sites for hydroxylation is 1. The number of allylic oxidation sites excluding steroid dienone is 1. The number of sulfonamides is 1. The van der Waals surface area contributed by atoms with Crippen LogP contribution in [0.25, 0.3) is 6.08 Å². The Labute approximate surface area is 128 Å². The summed E-state index contributed by atoms with van der Waals surface area (Å²) >= 11 is 1.62. The zero-order valence-electron chi connectivity index (χ0n) is 11.7. The van der Waals surface area contributed by atoms with E-state index in [2.05, 4.69) is 4.72 Å². The third-order valence-corrected chi connectivity index (χ3v) is 4.21. The van der Waals surface area contributed by atoms with E-state index >= 15 is 0 Å². The number of ketones is 1. The highest BCUT2D eigenvalue weighted by atomic mass is 32.2. The average molecular weight is 321 g/mol. The first-order chi connectivity index (χ1) is 9.83. The van der Waals surface area contributed by atoms with Gasteiger partial charge in [0.05, 0.1) is 6.26 Å². The number of hydrogen-bond donors (Lipinski definition) is 1. The summed E-state index contributed by atoms with van der Waals surface area (Å²) in [7, 11) is -3.30. The van der Waals surface area contributed by atoms with Crippen molar-refractivity contribution in [3.05, 3.63) is 57.8 Å². The van der Waals surface area contributed by atoms with Gasteiger partial charge < -0.3 is 0 Å². The van der Waals surface area contributed by atoms with Crippen LogP contribution in [-0.2, 0) is 10.0 Å². The van der Waals surface area contributed by atoms with Crippen molar-refractivity contribution in [2.75, 3.05) is 11.0 Å². The first-order valence-electron chi connectivity index (χ1n) is 6.20. The molecule has 0 spiro atoms. The second-order valence-corrected chi connectivity index (χ2v) is 7.67. The second-order valence-electron chi connectivity index (χ2n) is 4.60. The van der Waals surface area contributed by atoms with Gasteiger partial charge in [-0.2, -0.15) is 0 Å². The normalized spacial score (nSPS) is 11.7. The highest BCUT2D eigenvalue weighted by Crippen LogP contribution is 2.17. The second kappa shape index (κ2) is 6.24. The Bertz CT molecular complexity index is 772. The van der Waals surface area contributed by atoms with Gasteiger partial charge in [-0.1, -0.05) is 0 Å². The molecule has 1 aromatic heterocycles. The van der Waals surface area contributed by atoms with E-state index in [4.69, 9.17) is 0 Å². The van der Waals surface area contributed by atoms with Crippen molar-refractivity contribution in [3.63, 3.8) is 0 Å². The summed E-state index contributed by atoms with van der Waals surface area (Å²) in [5, 5.41) is 0. The molecule has 0 atom stereocenters. The van der Waals surface area contributed by atoms with E-state index in [0.29, 0.717) is 11.3 Å². The number of carbonyl (C=O) groups is 1. The fraction of sp³-hybridized carbons (Fsp3) is 0.133. The van der Waals surface area contributed by atoms with Crippen LogP contribution in [0.1, 0.15) is 20.1 Å². The van der Waals surface area contributed by atoms with Crippen molar-refractivity contribution in [1.82, 2.24) is 0 Å². The van der Waals surface area contributed by atoms with Crippen LogP contribution < -0.4 is 4.72 Å². The molecule has 110 valence electrons. The number of anilines is 1. The SMILES string of the molecule is Cc1ccc(/C=C\C(=O)c2ccc(NS(C)(=O)=O)cc2)s1. The van der Waals surface area contributed by atoms with Gasteiger partial charge in [-0.15, -0.1) is 11.3 Å². The first kappa shape index (κ1) is 15.5. The zero-order valence-corrected chi connectivity index (χ0v) is 13.3. The highest BCUT2D eigenvalue weighted by Gasteiger charge is 2.04. The summed E-state index contributed by atoms with van der Waals surface area (Å²) in [6.45, 7) is 2.01. The molecule has 0 bridgehead atoms. The minimum absolute atomic E-state index is 0.119. The van der Waals surface area contributed by atoms with Gasteiger partial charge in [0.25, 0.3) is 0 Å². The van der Waals surface area contributed by atoms with Gasteiger partial charge in [-0.05, 0) is 55.5 Å². The van der Waals surface area contributed by atoms with Crippen LogP contribution in [-0.4, -0.2) is 20.5 Å². The maximum absolute atomic E-state index is 12.0. The molecular formula is C15H15NO3S2. The summed E-state index contributed by atoms with van der Waals surface area (Å²) in [6.07, 6.45) is 4.38. The number of hydrogen-bond acceptors (Lipinski definition) is 4. The number of nitrogens with one attached hydrogen (secondary N) is 1. The van der Waals surface area contributed by atoms with Crippen molar-refractivity contribution >= 4 is 38.9 Å². The fourth-order valence-corrected chi connectivity index (χ4v) is 3.06. The lowest BCUT2D eigenvalue weighted by atomic mass is 10.1. The Morgan fingerprint density at radius 1 is 1.14 bits per heavy atom. The van der Waals surface area contributed by atoms with Crippen molar-refractivity contribution < 1.29 is 13.2 Å². The molecule has 0 aliphatic carbocycles. The minimum atomic E-state index is -3.30. The number of benzene rings is 1. The van der Waals surface area contributed by atoms with Gasteiger partial charge in [-0.25, -0.2) is 8.42 Å². The molecule has 0 fully saturated rings. The van der Waals surface area contributed by atoms with E-state index in [1.807, 2.05) is 19.1 Å². The lowest BCUT2D eigenvalue weighted by Gasteiger charge is -2.03. The van der Waals surface area contributed by atoms with Gasteiger partial charge in [0, 0.05) is 21.0 Å². The molecule has 6 heteroatoms. The van der Waals surface area contributed by atoms with Crippen LogP contribution in [0.2, 0.25) is 0 Å². The average Bonchev–Trinajstić information content (AvgIpc) is 2.81. The van der Waals surface area contributed by atoms with E-state index in [-0.39, 0.29) is 5.78 Å². The summed E-state index contributed by atoms with van der Waals surface area (Å²) in [5.74, 6) is -0.119. The number of carbonyl (C=O) groups excluding carboxylic acids is 1. The predicted octanol–water partition coefficient (Wildman–Crippen LogP) is 3.32. The monoisotopic (exact) mass is 321 g/mol. The van der Waals surface area contributed by atoms with E-state index < -0.39 is 10.0 Å². The Hall–Kier alpha value is -1.92. The maximum Gasteiger partial charge on any atom is 0.229 e. The molecule has 0 amide bonds. The van der Waals surface area contributed by atoms with Crippen LogP contribution in [0.3, 0.4) is 0 Å². The van der Waals surface area contributed by atoms with Crippen LogP contribution in [0, 0.1) is 6.92 Å². The zero-order chi connectivity index (χ0) is 15.5. The van der Waals surface area contributed by atoms with Crippen molar-refractivity contribution in [2.24, 2.45) is 0 Å². The molecule has 1 heterocycles. The molecule has 2 aromatic rings. The van der Waals surface area contributed by atoms with E-state index in [1.165, 1.54) is 11.0 Å². The van der Waals surface area contributed by atoms with Gasteiger partial charge in [0.1, 0.15) is 0 Å². The predicted molar refractivity (Wildman–Crippen MR) is 87.3 cm³/mol. The lowest BCUT2D eigenvalue weighted by Crippen LogP contribution is -2.09. The van der Waals surface area contributed by atoms with Crippen LogP contribution in [0.15, 0.2) is 42.5 Å². The first-order valence-corrected chi connectivity index (χ1v) is 8.91. The van der Waals surface area contributed by atoms with Crippen molar-refractivity contribution in [2.45, 2.75) is 6.92 Å². The molecule has 1 aromatic carbocycles. The van der Waals surface area contributed by atoms with Crippen molar-refractivity contribution in [3.8, 4) is 0 Å². The summed E-state index contributed by atoms with van der Waals surface area (Å²) in [5.41, 5.74) is 0.950. The molecule has 0 radical (unpaired) electrons. The molecule has 21 heavy (non-hydrogen) atoms. The molecule has 0 saturated heterocycles. The molecule has 0 unspecified atom stereocenters. The molecule has 0 saturated carbocycles. The number of rotatable bonds is 5. The van der Waals surface area contributed by atoms with E-state index in [0.717, 1.165) is 11.1 Å². The van der Waals surface area contributed by atoms with Crippen LogP contribution in [0.5, 0.6) is 0 Å². The van der Waals surface area contributed by atoms with Gasteiger partial charge >= 0.3 is 0 Å². The summed E-state index contributed by atoms with van der Waals surface area (Å²) in [4.78, 5) is 14.2. The quantitative estimate of drug-likeness (QED) is 0.679. The topological polar surface area (TPSA) is 63.2 Å². The summed E-state index contributed by atoms with van der Waals surface area (Å²) < 4.78 is 24.5. The van der Waals surface area contributed by atoms with Gasteiger partial charge in [-0.3, -0.25) is 9.52 Å².